The topological polar surface area (TPSA) is 32.3 Å². The van der Waals surface area contributed by atoms with Crippen molar-refractivity contribution in [3.63, 3.8) is 0 Å². The smallest absolute Gasteiger partial charge is 0.222 e. The van der Waals surface area contributed by atoms with Gasteiger partial charge in [-0.05, 0) is 33.0 Å². The number of amides is 1. The van der Waals surface area contributed by atoms with Gasteiger partial charge in [-0.25, -0.2) is 0 Å². The first-order valence-electron chi connectivity index (χ1n) is 6.23. The van der Waals surface area contributed by atoms with Crippen molar-refractivity contribution < 1.29 is 6.22 Å². The standard InChI is InChI=1S/C8H17NO.C5H13N.H2/c1-6(2)5-9-8(10)7(3)4;1-4-5-6(2)3;/h6-7H,5H2,1-4H3,(H,9,10);4-5H2,1-3H3;1H. The first kappa shape index (κ1) is 17.8. The van der Waals surface area contributed by atoms with Crippen LogP contribution in [0.25, 0.3) is 0 Å². The van der Waals surface area contributed by atoms with Gasteiger partial charge in [0.2, 0.25) is 5.91 Å². The van der Waals surface area contributed by atoms with Gasteiger partial charge in [0.25, 0.3) is 0 Å². The molecule has 0 spiro atoms. The molecule has 1 amide bonds. The van der Waals surface area contributed by atoms with E-state index in [0.29, 0.717) is 5.92 Å². The molecule has 0 radical (unpaired) electrons. The molecular formula is C13H32N2O. The Morgan fingerprint density at radius 2 is 1.75 bits per heavy atom. The van der Waals surface area contributed by atoms with Crippen molar-refractivity contribution in [1.29, 1.82) is 0 Å². The lowest BCUT2D eigenvalue weighted by atomic mass is 10.2. The van der Waals surface area contributed by atoms with E-state index in [4.69, 9.17) is 0 Å². The Morgan fingerprint density at radius 1 is 1.25 bits per heavy atom. The minimum Gasteiger partial charge on any atom is -0.356 e. The maximum Gasteiger partial charge on any atom is 0.222 e. The van der Waals surface area contributed by atoms with E-state index in [0.717, 1.165) is 6.54 Å². The molecular weight excluding hydrogens is 200 g/mol. The van der Waals surface area contributed by atoms with E-state index in [9.17, 15) is 4.79 Å². The first-order valence-corrected chi connectivity index (χ1v) is 6.23. The third kappa shape index (κ3) is 15.9. The Labute approximate surface area is 103 Å². The molecule has 1 N–H and O–H groups in total. The molecule has 0 aromatic rings. The van der Waals surface area contributed by atoms with E-state index in [1.165, 1.54) is 13.0 Å². The maximum atomic E-state index is 10.9. The Kier molecular flexibility index (Phi) is 12.2. The third-order valence-corrected chi connectivity index (χ3v) is 1.88. The van der Waals surface area contributed by atoms with Crippen LogP contribution < -0.4 is 5.32 Å². The highest BCUT2D eigenvalue weighted by molar-refractivity contribution is 5.77. The van der Waals surface area contributed by atoms with Gasteiger partial charge in [0.05, 0.1) is 0 Å². The molecule has 0 unspecified atom stereocenters. The van der Waals surface area contributed by atoms with Crippen molar-refractivity contribution in [2.45, 2.75) is 41.0 Å². The highest BCUT2D eigenvalue weighted by atomic mass is 16.1. The number of carbonyl (C=O) groups is 1. The van der Waals surface area contributed by atoms with Gasteiger partial charge in [0.15, 0.2) is 0 Å². The van der Waals surface area contributed by atoms with Crippen LogP contribution in [0, 0.1) is 11.8 Å². The predicted molar refractivity (Wildman–Crippen MR) is 73.6 cm³/mol. The summed E-state index contributed by atoms with van der Waals surface area (Å²) >= 11 is 0. The van der Waals surface area contributed by atoms with Gasteiger partial charge in [-0.1, -0.05) is 34.6 Å². The number of hydrogen-bond donors (Lipinski definition) is 1. The van der Waals surface area contributed by atoms with Gasteiger partial charge >= 0.3 is 0 Å². The number of nitrogens with zero attached hydrogens (tertiary/aromatic N) is 1. The molecule has 0 saturated heterocycles. The number of nitrogens with one attached hydrogen (secondary N) is 1. The van der Waals surface area contributed by atoms with Crippen LogP contribution >= 0.6 is 0 Å². The maximum absolute atomic E-state index is 10.9. The Hall–Kier alpha value is -0.570. The fourth-order valence-electron chi connectivity index (χ4n) is 0.956. The van der Waals surface area contributed by atoms with Gasteiger partial charge in [-0.2, -0.15) is 0 Å². The monoisotopic (exact) mass is 232 g/mol. The van der Waals surface area contributed by atoms with Crippen LogP contribution in [0.1, 0.15) is 42.5 Å². The molecule has 0 heterocycles. The Morgan fingerprint density at radius 3 is 1.94 bits per heavy atom. The third-order valence-electron chi connectivity index (χ3n) is 1.88. The molecule has 3 nitrogen and oxygen atoms in total. The van der Waals surface area contributed by atoms with Crippen LogP contribution in [0.3, 0.4) is 0 Å². The molecule has 0 atom stereocenters. The van der Waals surface area contributed by atoms with E-state index in [2.05, 4.69) is 45.1 Å². The average molecular weight is 232 g/mol. The highest BCUT2D eigenvalue weighted by Gasteiger charge is 2.05. The molecule has 100 valence electrons. The lowest BCUT2D eigenvalue weighted by Gasteiger charge is -2.08. The predicted octanol–water partition coefficient (Wildman–Crippen LogP) is 2.62. The van der Waals surface area contributed by atoms with Crippen LogP contribution in [-0.2, 0) is 4.79 Å². The Bertz CT molecular complexity index is 171. The minimum atomic E-state index is 0. The zero-order valence-corrected chi connectivity index (χ0v) is 12.1. The summed E-state index contributed by atoms with van der Waals surface area (Å²) in [4.78, 5) is 13.1. The van der Waals surface area contributed by atoms with Crippen molar-refractivity contribution in [3.8, 4) is 0 Å². The summed E-state index contributed by atoms with van der Waals surface area (Å²) in [5.41, 5.74) is 0. The van der Waals surface area contributed by atoms with E-state index in [-0.39, 0.29) is 13.3 Å². The molecule has 0 aliphatic heterocycles. The lowest BCUT2D eigenvalue weighted by molar-refractivity contribution is -0.124. The Balaban J connectivity index is -0.000000244. The quantitative estimate of drug-likeness (QED) is 0.790. The van der Waals surface area contributed by atoms with Gasteiger partial charge < -0.3 is 10.2 Å². The number of hydrogen-bond acceptors (Lipinski definition) is 2. The fourth-order valence-corrected chi connectivity index (χ4v) is 0.956. The number of carbonyl (C=O) groups excluding carboxylic acids is 1. The molecule has 0 rings (SSSR count). The molecule has 0 aliphatic rings. The van der Waals surface area contributed by atoms with Gasteiger partial charge in [-0.3, -0.25) is 4.79 Å². The largest absolute Gasteiger partial charge is 0.356 e. The van der Waals surface area contributed by atoms with E-state index >= 15 is 0 Å². The average Bonchev–Trinajstić information content (AvgIpc) is 2.14. The summed E-state index contributed by atoms with van der Waals surface area (Å²) in [7, 11) is 4.17. The van der Waals surface area contributed by atoms with Crippen LogP contribution in [-0.4, -0.2) is 38.0 Å². The molecule has 3 heteroatoms. The summed E-state index contributed by atoms with van der Waals surface area (Å²) in [5, 5.41) is 2.84. The summed E-state index contributed by atoms with van der Waals surface area (Å²) in [5.74, 6) is 0.801. The zero-order valence-electron chi connectivity index (χ0n) is 12.1. The zero-order chi connectivity index (χ0) is 13.1. The summed E-state index contributed by atoms with van der Waals surface area (Å²) in [6, 6.07) is 0. The molecule has 0 aromatic carbocycles. The van der Waals surface area contributed by atoms with E-state index < -0.39 is 0 Å². The SMILES string of the molecule is CC(C)CNC(=O)C(C)C.CCCN(C)C.[HH]. The highest BCUT2D eigenvalue weighted by Crippen LogP contribution is 1.92. The molecule has 0 saturated carbocycles. The van der Waals surface area contributed by atoms with Crippen molar-refractivity contribution in [2.24, 2.45) is 11.8 Å². The molecule has 16 heavy (non-hydrogen) atoms. The summed E-state index contributed by atoms with van der Waals surface area (Å²) in [6.45, 7) is 12.1. The van der Waals surface area contributed by atoms with Crippen LogP contribution in [0.5, 0.6) is 0 Å². The molecule has 0 fully saturated rings. The second-order valence-corrected chi connectivity index (χ2v) is 5.10. The molecule has 0 bridgehead atoms. The van der Waals surface area contributed by atoms with Crippen LogP contribution in [0.15, 0.2) is 0 Å². The van der Waals surface area contributed by atoms with Gasteiger partial charge in [0.1, 0.15) is 0 Å². The van der Waals surface area contributed by atoms with Crippen LogP contribution in [0.4, 0.5) is 0 Å². The second-order valence-electron chi connectivity index (χ2n) is 5.10. The molecule has 0 aliphatic carbocycles. The van der Waals surface area contributed by atoms with Crippen molar-refractivity contribution in [3.05, 3.63) is 0 Å². The fraction of sp³-hybridized carbons (Fsp3) is 0.923. The minimum absolute atomic E-state index is 0. The van der Waals surface area contributed by atoms with E-state index in [1.807, 2.05) is 13.8 Å². The van der Waals surface area contributed by atoms with Crippen molar-refractivity contribution >= 4 is 5.91 Å². The summed E-state index contributed by atoms with van der Waals surface area (Å²) in [6.07, 6.45) is 1.26. The van der Waals surface area contributed by atoms with Gasteiger partial charge in [-0.15, -0.1) is 0 Å². The van der Waals surface area contributed by atoms with Crippen molar-refractivity contribution in [1.82, 2.24) is 10.2 Å². The van der Waals surface area contributed by atoms with E-state index in [1.54, 1.807) is 0 Å². The lowest BCUT2D eigenvalue weighted by Crippen LogP contribution is -2.30. The second kappa shape index (κ2) is 10.9. The molecule has 0 aromatic heterocycles. The van der Waals surface area contributed by atoms with Crippen molar-refractivity contribution in [2.75, 3.05) is 27.2 Å². The summed E-state index contributed by atoms with van der Waals surface area (Å²) < 4.78 is 0. The van der Waals surface area contributed by atoms with Gasteiger partial charge in [0, 0.05) is 13.9 Å². The number of rotatable bonds is 5. The van der Waals surface area contributed by atoms with Crippen LogP contribution in [0.2, 0.25) is 0 Å². The first-order chi connectivity index (χ1) is 7.31. The normalized spacial score (nSPS) is 10.4.